The predicted octanol–water partition coefficient (Wildman–Crippen LogP) is 1.56. The van der Waals surface area contributed by atoms with Gasteiger partial charge in [-0.1, -0.05) is 6.92 Å². The van der Waals surface area contributed by atoms with Gasteiger partial charge in [0.1, 0.15) is 5.76 Å². The molecule has 11 heavy (non-hydrogen) atoms. The summed E-state index contributed by atoms with van der Waals surface area (Å²) in [6, 6.07) is 4.32. The van der Waals surface area contributed by atoms with Crippen LogP contribution in [0.15, 0.2) is 22.8 Å². The lowest BCUT2D eigenvalue weighted by atomic mass is 10.0. The van der Waals surface area contributed by atoms with Gasteiger partial charge in [-0.3, -0.25) is 0 Å². The number of nitrogens with two attached hydrogens (primary N) is 1. The Labute approximate surface area is 66.4 Å². The molecule has 2 N–H and O–H groups in total. The summed E-state index contributed by atoms with van der Waals surface area (Å²) in [5, 5.41) is 0. The molecule has 0 saturated heterocycles. The highest BCUT2D eigenvalue weighted by Crippen LogP contribution is 2.46. The number of furan rings is 1. The Morgan fingerprint density at radius 1 is 1.82 bits per heavy atom. The third-order valence-corrected chi connectivity index (χ3v) is 2.58. The lowest BCUT2D eigenvalue weighted by molar-refractivity contribution is 0.438. The van der Waals surface area contributed by atoms with Crippen LogP contribution in [0.2, 0.25) is 0 Å². The molecule has 2 unspecified atom stereocenters. The fraction of sp³-hybridized carbons (Fsp3) is 0.556. The van der Waals surface area contributed by atoms with Gasteiger partial charge in [-0.15, -0.1) is 0 Å². The van der Waals surface area contributed by atoms with E-state index in [1.54, 1.807) is 6.26 Å². The smallest absolute Gasteiger partial charge is 0.104 e. The third-order valence-electron chi connectivity index (χ3n) is 2.58. The van der Waals surface area contributed by atoms with Gasteiger partial charge in [0.05, 0.1) is 6.26 Å². The zero-order chi connectivity index (χ0) is 7.90. The quantitative estimate of drug-likeness (QED) is 0.696. The lowest BCUT2D eigenvalue weighted by Gasteiger charge is -2.05. The van der Waals surface area contributed by atoms with E-state index in [1.165, 1.54) is 0 Å². The molecule has 2 atom stereocenters. The Bertz CT molecular complexity index is 242. The SMILES string of the molecule is CC1(Cc2ccco2)CC1N. The van der Waals surface area contributed by atoms with E-state index in [9.17, 15) is 0 Å². The number of hydrogen-bond donors (Lipinski definition) is 1. The van der Waals surface area contributed by atoms with E-state index in [2.05, 4.69) is 6.92 Å². The molecule has 2 nitrogen and oxygen atoms in total. The summed E-state index contributed by atoms with van der Waals surface area (Å²) >= 11 is 0. The summed E-state index contributed by atoms with van der Waals surface area (Å²) in [7, 11) is 0. The van der Waals surface area contributed by atoms with E-state index in [0.717, 1.165) is 18.6 Å². The Morgan fingerprint density at radius 3 is 3.00 bits per heavy atom. The van der Waals surface area contributed by atoms with Crippen molar-refractivity contribution in [2.75, 3.05) is 0 Å². The molecular formula is C9H13NO. The van der Waals surface area contributed by atoms with Gasteiger partial charge in [-0.2, -0.15) is 0 Å². The Morgan fingerprint density at radius 2 is 2.55 bits per heavy atom. The maximum Gasteiger partial charge on any atom is 0.104 e. The van der Waals surface area contributed by atoms with Gasteiger partial charge in [0.15, 0.2) is 0 Å². The van der Waals surface area contributed by atoms with Crippen molar-refractivity contribution in [2.24, 2.45) is 11.1 Å². The fourth-order valence-corrected chi connectivity index (χ4v) is 1.46. The Kier molecular flexibility index (Phi) is 1.33. The lowest BCUT2D eigenvalue weighted by Crippen LogP contribution is -2.12. The first kappa shape index (κ1) is 6.92. The van der Waals surface area contributed by atoms with Crippen molar-refractivity contribution in [3.63, 3.8) is 0 Å². The normalized spacial score (nSPS) is 35.6. The monoisotopic (exact) mass is 151 g/mol. The number of hydrogen-bond acceptors (Lipinski definition) is 2. The summed E-state index contributed by atoms with van der Waals surface area (Å²) < 4.78 is 5.24. The average Bonchev–Trinajstić information content (AvgIpc) is 2.43. The van der Waals surface area contributed by atoms with E-state index in [0.29, 0.717) is 11.5 Å². The van der Waals surface area contributed by atoms with Crippen LogP contribution in [0.3, 0.4) is 0 Å². The molecule has 1 aromatic heterocycles. The maximum absolute atomic E-state index is 5.78. The molecule has 1 heterocycles. The largest absolute Gasteiger partial charge is 0.469 e. The van der Waals surface area contributed by atoms with Crippen LogP contribution in [0.5, 0.6) is 0 Å². The van der Waals surface area contributed by atoms with Crippen LogP contribution in [0.4, 0.5) is 0 Å². The molecule has 0 amide bonds. The van der Waals surface area contributed by atoms with Crippen molar-refractivity contribution >= 4 is 0 Å². The van der Waals surface area contributed by atoms with E-state index in [1.807, 2.05) is 12.1 Å². The molecule has 0 radical (unpaired) electrons. The molecule has 0 spiro atoms. The number of rotatable bonds is 2. The van der Waals surface area contributed by atoms with Crippen molar-refractivity contribution in [3.8, 4) is 0 Å². The zero-order valence-corrected chi connectivity index (χ0v) is 6.71. The molecule has 0 bridgehead atoms. The minimum atomic E-state index is 0.317. The molecule has 2 rings (SSSR count). The topological polar surface area (TPSA) is 39.2 Å². The third kappa shape index (κ3) is 1.18. The molecule has 0 aliphatic heterocycles. The zero-order valence-electron chi connectivity index (χ0n) is 6.71. The minimum absolute atomic E-state index is 0.317. The van der Waals surface area contributed by atoms with E-state index in [4.69, 9.17) is 10.2 Å². The molecule has 1 saturated carbocycles. The highest BCUT2D eigenvalue weighted by atomic mass is 16.3. The van der Waals surface area contributed by atoms with Crippen LogP contribution in [-0.2, 0) is 6.42 Å². The second kappa shape index (κ2) is 2.11. The van der Waals surface area contributed by atoms with Gasteiger partial charge in [0.2, 0.25) is 0 Å². The molecule has 0 aromatic carbocycles. The van der Waals surface area contributed by atoms with Crippen LogP contribution in [0.25, 0.3) is 0 Å². The van der Waals surface area contributed by atoms with Gasteiger partial charge in [0, 0.05) is 12.5 Å². The van der Waals surface area contributed by atoms with Gasteiger partial charge in [-0.25, -0.2) is 0 Å². The van der Waals surface area contributed by atoms with Gasteiger partial charge >= 0.3 is 0 Å². The van der Waals surface area contributed by atoms with Crippen LogP contribution in [-0.4, -0.2) is 6.04 Å². The molecule has 1 aromatic rings. The summed E-state index contributed by atoms with van der Waals surface area (Å²) in [4.78, 5) is 0. The van der Waals surface area contributed by atoms with Gasteiger partial charge < -0.3 is 10.2 Å². The molecule has 60 valence electrons. The van der Waals surface area contributed by atoms with Crippen LogP contribution in [0.1, 0.15) is 19.1 Å². The first-order valence-electron chi connectivity index (χ1n) is 3.99. The first-order chi connectivity index (χ1) is 5.21. The van der Waals surface area contributed by atoms with Gasteiger partial charge in [-0.05, 0) is 24.0 Å². The molecule has 2 heteroatoms. The highest BCUT2D eigenvalue weighted by Gasteiger charge is 2.47. The van der Waals surface area contributed by atoms with Crippen LogP contribution in [0, 0.1) is 5.41 Å². The van der Waals surface area contributed by atoms with Crippen molar-refractivity contribution in [3.05, 3.63) is 24.2 Å². The Balaban J connectivity index is 2.02. The summed E-state index contributed by atoms with van der Waals surface area (Å²) in [6.07, 6.45) is 3.83. The molecule has 1 fully saturated rings. The molecular weight excluding hydrogens is 138 g/mol. The van der Waals surface area contributed by atoms with Crippen molar-refractivity contribution in [2.45, 2.75) is 25.8 Å². The molecule has 1 aliphatic carbocycles. The van der Waals surface area contributed by atoms with E-state index >= 15 is 0 Å². The van der Waals surface area contributed by atoms with Crippen LogP contribution < -0.4 is 5.73 Å². The van der Waals surface area contributed by atoms with Crippen molar-refractivity contribution in [1.29, 1.82) is 0 Å². The summed E-state index contributed by atoms with van der Waals surface area (Å²) in [5.74, 6) is 1.06. The first-order valence-corrected chi connectivity index (χ1v) is 3.99. The predicted molar refractivity (Wildman–Crippen MR) is 43.1 cm³/mol. The van der Waals surface area contributed by atoms with Crippen molar-refractivity contribution < 1.29 is 4.42 Å². The molecule has 1 aliphatic rings. The van der Waals surface area contributed by atoms with E-state index < -0.39 is 0 Å². The second-order valence-electron chi connectivity index (χ2n) is 3.72. The standard InChI is InChI=1S/C9H13NO/c1-9(6-8(9)10)5-7-3-2-4-11-7/h2-4,8H,5-6,10H2,1H3. The highest BCUT2D eigenvalue weighted by molar-refractivity contribution is 5.11. The second-order valence-corrected chi connectivity index (χ2v) is 3.72. The summed E-state index contributed by atoms with van der Waals surface area (Å²) in [5.41, 5.74) is 6.09. The Hall–Kier alpha value is -0.760. The van der Waals surface area contributed by atoms with Gasteiger partial charge in [0.25, 0.3) is 0 Å². The van der Waals surface area contributed by atoms with E-state index in [-0.39, 0.29) is 0 Å². The average molecular weight is 151 g/mol. The van der Waals surface area contributed by atoms with Crippen LogP contribution >= 0.6 is 0 Å². The maximum atomic E-state index is 5.78. The summed E-state index contributed by atoms with van der Waals surface area (Å²) in [6.45, 7) is 2.21. The fourth-order valence-electron chi connectivity index (χ4n) is 1.46. The minimum Gasteiger partial charge on any atom is -0.469 e. The van der Waals surface area contributed by atoms with Crippen molar-refractivity contribution in [1.82, 2.24) is 0 Å².